The molecule has 0 spiro atoms. The quantitative estimate of drug-likeness (QED) is 0.320. The van der Waals surface area contributed by atoms with Gasteiger partial charge in [0, 0.05) is 23.7 Å². The minimum atomic E-state index is 0.246. The van der Waals surface area contributed by atoms with Crippen LogP contribution in [-0.4, -0.2) is 19.6 Å². The summed E-state index contributed by atoms with van der Waals surface area (Å²) >= 11 is 0. The van der Waals surface area contributed by atoms with Crippen molar-refractivity contribution in [2.24, 2.45) is 4.99 Å². The lowest BCUT2D eigenvalue weighted by Crippen LogP contribution is -2.17. The average molecular weight is 391 g/mol. The first-order valence-electron chi connectivity index (χ1n) is 9.28. The average Bonchev–Trinajstić information content (AvgIpc) is 2.69. The van der Waals surface area contributed by atoms with Crippen LogP contribution >= 0.6 is 8.58 Å². The molecule has 144 valence electrons. The number of nitrogens with zero attached hydrogens (tertiary/aromatic N) is 1. The van der Waals surface area contributed by atoms with Crippen molar-refractivity contribution in [3.63, 3.8) is 0 Å². The minimum Gasteiger partial charge on any atom is -0.467 e. The Morgan fingerprint density at radius 3 is 2.50 bits per heavy atom. The van der Waals surface area contributed by atoms with Crippen LogP contribution in [0.2, 0.25) is 0 Å². The molecule has 0 radical (unpaired) electrons. The van der Waals surface area contributed by atoms with Crippen molar-refractivity contribution in [3.8, 4) is 5.75 Å². The highest BCUT2D eigenvalue weighted by atomic mass is 31.1. The van der Waals surface area contributed by atoms with Gasteiger partial charge in [-0.3, -0.25) is 4.99 Å². The molecule has 0 saturated carbocycles. The second-order valence-corrected chi connectivity index (χ2v) is 7.99. The summed E-state index contributed by atoms with van der Waals surface area (Å²) in [6.07, 6.45) is 0. The minimum absolute atomic E-state index is 0.246. The van der Waals surface area contributed by atoms with Crippen LogP contribution < -0.4 is 15.3 Å². The number of aliphatic imine (C=N–C) groups is 1. The monoisotopic (exact) mass is 391 g/mol. The van der Waals surface area contributed by atoms with Crippen molar-refractivity contribution >= 4 is 30.6 Å². The smallest absolute Gasteiger partial charge is 0.188 e. The summed E-state index contributed by atoms with van der Waals surface area (Å²) < 4.78 is 10.9. The van der Waals surface area contributed by atoms with Gasteiger partial charge in [0.2, 0.25) is 0 Å². The number of aryl methyl sites for hydroxylation is 2. The molecule has 0 amide bonds. The first kappa shape index (κ1) is 20.3. The molecule has 4 heteroatoms. The summed E-state index contributed by atoms with van der Waals surface area (Å²) in [6.45, 7) is 6.59. The molecule has 3 aromatic carbocycles. The van der Waals surface area contributed by atoms with E-state index in [0.29, 0.717) is 8.58 Å². The second kappa shape index (κ2) is 9.64. The highest BCUT2D eigenvalue weighted by molar-refractivity contribution is 7.56. The standard InChI is InChI=1S/C24H26NO2P/c1-17-13-14-22(27-16-26-4)23(15-17)28-24-18(2)9-8-12-21(24)19(3)25-20-10-6-5-7-11-20/h5-15,28H,16H2,1-4H3/b25-19+. The van der Waals surface area contributed by atoms with Crippen LogP contribution in [0.3, 0.4) is 0 Å². The van der Waals surface area contributed by atoms with Crippen LogP contribution in [0.1, 0.15) is 23.6 Å². The Hall–Kier alpha value is -2.48. The van der Waals surface area contributed by atoms with Gasteiger partial charge in [-0.2, -0.15) is 0 Å². The summed E-state index contributed by atoms with van der Waals surface area (Å²) in [4.78, 5) is 4.83. The maximum absolute atomic E-state index is 5.80. The van der Waals surface area contributed by atoms with Gasteiger partial charge in [-0.15, -0.1) is 0 Å². The van der Waals surface area contributed by atoms with Crippen LogP contribution in [0.25, 0.3) is 0 Å². The third-order valence-corrected chi connectivity index (χ3v) is 6.02. The number of rotatable bonds is 7. The van der Waals surface area contributed by atoms with Gasteiger partial charge >= 0.3 is 0 Å². The largest absolute Gasteiger partial charge is 0.467 e. The van der Waals surface area contributed by atoms with E-state index in [0.717, 1.165) is 17.1 Å². The molecule has 0 aromatic heterocycles. The van der Waals surface area contributed by atoms with Crippen molar-refractivity contribution < 1.29 is 9.47 Å². The number of benzene rings is 3. The molecule has 0 N–H and O–H groups in total. The first-order chi connectivity index (χ1) is 13.6. The molecule has 1 atom stereocenters. The highest BCUT2D eigenvalue weighted by Crippen LogP contribution is 2.25. The van der Waals surface area contributed by atoms with Gasteiger partial charge < -0.3 is 9.47 Å². The topological polar surface area (TPSA) is 30.8 Å². The van der Waals surface area contributed by atoms with E-state index in [1.165, 1.54) is 27.3 Å². The molecule has 1 unspecified atom stereocenters. The lowest BCUT2D eigenvalue weighted by molar-refractivity contribution is 0.0519. The van der Waals surface area contributed by atoms with E-state index < -0.39 is 0 Å². The predicted octanol–water partition coefficient (Wildman–Crippen LogP) is 5.06. The zero-order valence-corrected chi connectivity index (χ0v) is 17.8. The normalized spacial score (nSPS) is 11.9. The van der Waals surface area contributed by atoms with Crippen molar-refractivity contribution in [2.45, 2.75) is 20.8 Å². The number of hydrogen-bond donors (Lipinski definition) is 0. The third-order valence-electron chi connectivity index (χ3n) is 4.44. The number of para-hydroxylation sites is 1. The Kier molecular flexibility index (Phi) is 6.97. The lowest BCUT2D eigenvalue weighted by atomic mass is 10.1. The predicted molar refractivity (Wildman–Crippen MR) is 121 cm³/mol. The maximum Gasteiger partial charge on any atom is 0.188 e. The van der Waals surface area contributed by atoms with Gasteiger partial charge in [-0.05, 0) is 55.9 Å². The van der Waals surface area contributed by atoms with Crippen LogP contribution in [0.5, 0.6) is 5.75 Å². The van der Waals surface area contributed by atoms with Gasteiger partial charge in [-0.1, -0.05) is 56.6 Å². The highest BCUT2D eigenvalue weighted by Gasteiger charge is 2.13. The first-order valence-corrected chi connectivity index (χ1v) is 10.3. The van der Waals surface area contributed by atoms with Gasteiger partial charge in [-0.25, -0.2) is 0 Å². The van der Waals surface area contributed by atoms with E-state index in [-0.39, 0.29) is 6.79 Å². The van der Waals surface area contributed by atoms with Gasteiger partial charge in [0.15, 0.2) is 6.79 Å². The Bertz CT molecular complexity index is 968. The Morgan fingerprint density at radius 2 is 1.75 bits per heavy atom. The van der Waals surface area contributed by atoms with Crippen LogP contribution in [0.4, 0.5) is 5.69 Å². The fraction of sp³-hybridized carbons (Fsp3) is 0.208. The van der Waals surface area contributed by atoms with Crippen molar-refractivity contribution in [2.75, 3.05) is 13.9 Å². The van der Waals surface area contributed by atoms with Gasteiger partial charge in [0.05, 0.1) is 5.69 Å². The molecule has 28 heavy (non-hydrogen) atoms. The molecule has 0 saturated heterocycles. The molecule has 3 nitrogen and oxygen atoms in total. The molecule has 0 aliphatic heterocycles. The third kappa shape index (κ3) is 5.07. The Balaban J connectivity index is 2.00. The number of hydrogen-bond acceptors (Lipinski definition) is 3. The molecular formula is C24H26NO2P. The van der Waals surface area contributed by atoms with Crippen LogP contribution in [0, 0.1) is 13.8 Å². The summed E-state index contributed by atoms with van der Waals surface area (Å²) in [5.41, 5.74) is 5.65. The summed E-state index contributed by atoms with van der Waals surface area (Å²) in [6, 6.07) is 22.8. The van der Waals surface area contributed by atoms with E-state index in [4.69, 9.17) is 14.5 Å². The molecule has 0 fully saturated rings. The molecule has 0 bridgehead atoms. The van der Waals surface area contributed by atoms with Gasteiger partial charge in [0.25, 0.3) is 0 Å². The van der Waals surface area contributed by atoms with Gasteiger partial charge in [0.1, 0.15) is 5.75 Å². The number of methoxy groups -OCH3 is 1. The van der Waals surface area contributed by atoms with E-state index >= 15 is 0 Å². The summed E-state index contributed by atoms with van der Waals surface area (Å²) in [7, 11) is 2.11. The Morgan fingerprint density at radius 1 is 0.964 bits per heavy atom. The molecule has 0 aliphatic rings. The van der Waals surface area contributed by atoms with Crippen molar-refractivity contribution in [3.05, 3.63) is 83.4 Å². The van der Waals surface area contributed by atoms with E-state index in [2.05, 4.69) is 51.1 Å². The molecule has 0 aliphatic carbocycles. The molecular weight excluding hydrogens is 365 g/mol. The van der Waals surface area contributed by atoms with Crippen LogP contribution in [0.15, 0.2) is 71.7 Å². The maximum atomic E-state index is 5.80. The van der Waals surface area contributed by atoms with E-state index in [1.54, 1.807) is 7.11 Å². The zero-order chi connectivity index (χ0) is 19.9. The van der Waals surface area contributed by atoms with Crippen LogP contribution in [-0.2, 0) is 4.74 Å². The fourth-order valence-electron chi connectivity index (χ4n) is 3.02. The summed E-state index contributed by atoms with van der Waals surface area (Å²) in [5, 5.41) is 2.48. The van der Waals surface area contributed by atoms with E-state index in [1.807, 2.05) is 36.4 Å². The van der Waals surface area contributed by atoms with Crippen molar-refractivity contribution in [1.29, 1.82) is 0 Å². The SMILES string of the molecule is COCOc1ccc(C)cc1Pc1c(C)cccc1/C(C)=N/c1ccccc1. The van der Waals surface area contributed by atoms with Crippen molar-refractivity contribution in [1.82, 2.24) is 0 Å². The molecule has 0 heterocycles. The summed E-state index contributed by atoms with van der Waals surface area (Å²) in [5.74, 6) is 0.873. The van der Waals surface area contributed by atoms with E-state index in [9.17, 15) is 0 Å². The second-order valence-electron chi connectivity index (χ2n) is 6.71. The molecule has 3 aromatic rings. The fourth-order valence-corrected chi connectivity index (χ4v) is 4.54. The molecule has 3 rings (SSSR count). The zero-order valence-electron chi connectivity index (χ0n) is 16.8. The number of ether oxygens (including phenoxy) is 2. The Labute approximate surface area is 169 Å². The lowest BCUT2D eigenvalue weighted by Gasteiger charge is -2.16.